The maximum Gasteiger partial charge on any atom is 0.242 e. The largest absolute Gasteiger partial charge is 0.242 e. The third-order valence-electron chi connectivity index (χ3n) is 8.97. The zero-order valence-corrected chi connectivity index (χ0v) is 30.3. The molecule has 0 saturated heterocycles. The van der Waals surface area contributed by atoms with Crippen LogP contribution < -0.4 is 16.4 Å². The highest BCUT2D eigenvalue weighted by atomic mass is 14.2. The summed E-state index contributed by atoms with van der Waals surface area (Å²) >= 11 is 0. The van der Waals surface area contributed by atoms with Crippen LogP contribution in [0.1, 0.15) is 50.8 Å². The molecular weight excluding hydrogens is 587 g/mol. The van der Waals surface area contributed by atoms with Crippen LogP contribution in [0.25, 0.3) is 44.2 Å². The van der Waals surface area contributed by atoms with Crippen LogP contribution >= 0.6 is 0 Å². The van der Waals surface area contributed by atoms with Crippen molar-refractivity contribution in [3.8, 4) is 33.4 Å². The molecule has 0 N–H and O–H groups in total. The first-order valence-corrected chi connectivity index (χ1v) is 17.9. The molecule has 0 saturated carbocycles. The van der Waals surface area contributed by atoms with Gasteiger partial charge in [0.25, 0.3) is 0 Å². The van der Waals surface area contributed by atoms with Crippen LogP contribution in [0.3, 0.4) is 0 Å². The lowest BCUT2D eigenvalue weighted by Crippen LogP contribution is -2.48. The highest BCUT2D eigenvalue weighted by Gasteiger charge is 2.35. The maximum atomic E-state index is 2.34. The zero-order chi connectivity index (χ0) is 34.8. The van der Waals surface area contributed by atoms with Crippen molar-refractivity contribution in [3.63, 3.8) is 0 Å². The molecule has 8 rings (SSSR count). The summed E-state index contributed by atoms with van der Waals surface area (Å²) in [6.07, 6.45) is 1.25. The van der Waals surface area contributed by atoms with E-state index in [0.29, 0.717) is 6.71 Å². The molecule has 0 radical (unpaired) electrons. The van der Waals surface area contributed by atoms with Gasteiger partial charge < -0.3 is 0 Å². The van der Waals surface area contributed by atoms with Gasteiger partial charge in [-0.3, -0.25) is 0 Å². The number of rotatable bonds is 3. The molecule has 0 aromatic heterocycles. The Hall–Kier alpha value is -5.14. The summed E-state index contributed by atoms with van der Waals surface area (Å²) in [5, 5.41) is 2.63. The molecule has 0 amide bonds. The van der Waals surface area contributed by atoms with Crippen LogP contribution in [0, 0.1) is 20.8 Å². The lowest BCUT2D eigenvalue weighted by atomic mass is 9.39. The van der Waals surface area contributed by atoms with Crippen molar-refractivity contribution in [1.29, 1.82) is 0 Å². The predicted octanol–water partition coefficient (Wildman–Crippen LogP) is 11.7. The van der Waals surface area contributed by atoms with E-state index in [-0.39, 0.29) is 0 Å². The van der Waals surface area contributed by atoms with Crippen molar-refractivity contribution in [1.82, 2.24) is 0 Å². The minimum Gasteiger partial charge on any atom is -0.0686 e. The summed E-state index contributed by atoms with van der Waals surface area (Å²) in [4.78, 5) is 0. The number of aryl methyl sites for hydroxylation is 3. The summed E-state index contributed by atoms with van der Waals surface area (Å²) in [7, 11) is 0. The molecule has 0 atom stereocenters. The van der Waals surface area contributed by atoms with Gasteiger partial charge in [0, 0.05) is 0 Å². The third kappa shape index (κ3) is 7.63. The first-order valence-electron chi connectivity index (χ1n) is 17.9. The summed E-state index contributed by atoms with van der Waals surface area (Å²) in [5.74, 6) is 0. The van der Waals surface area contributed by atoms with Crippen molar-refractivity contribution in [2.75, 3.05) is 0 Å². The smallest absolute Gasteiger partial charge is 0.0686 e. The molecule has 0 aliphatic carbocycles. The molecule has 1 aliphatic heterocycles. The van der Waals surface area contributed by atoms with Gasteiger partial charge in [-0.2, -0.15) is 0 Å². The number of hydrogen-bond donors (Lipinski definition) is 0. The number of benzene rings is 7. The van der Waals surface area contributed by atoms with Gasteiger partial charge in [0.05, 0.1) is 0 Å². The summed E-state index contributed by atoms with van der Waals surface area (Å²) < 4.78 is 0. The highest BCUT2D eigenvalue weighted by Crippen LogP contribution is 2.37. The van der Waals surface area contributed by atoms with Crippen molar-refractivity contribution >= 4 is 33.9 Å². The lowest BCUT2D eigenvalue weighted by molar-refractivity contribution is 1.09. The van der Waals surface area contributed by atoms with Crippen molar-refractivity contribution < 1.29 is 0 Å². The Labute approximate surface area is 295 Å². The highest BCUT2D eigenvalue weighted by molar-refractivity contribution is 6.99. The van der Waals surface area contributed by atoms with Gasteiger partial charge in [0.1, 0.15) is 0 Å². The molecule has 244 valence electrons. The third-order valence-corrected chi connectivity index (χ3v) is 8.97. The fourth-order valence-electron chi connectivity index (χ4n) is 6.88. The van der Waals surface area contributed by atoms with Crippen LogP contribution in [-0.4, -0.2) is 6.71 Å². The van der Waals surface area contributed by atoms with E-state index in [0.717, 1.165) is 0 Å². The molecule has 0 fully saturated rings. The summed E-state index contributed by atoms with van der Waals surface area (Å²) in [6, 6.07) is 56.9. The molecule has 1 heteroatoms. The van der Waals surface area contributed by atoms with Gasteiger partial charge in [-0.05, 0) is 76.1 Å². The lowest BCUT2D eigenvalue weighted by Gasteiger charge is -2.17. The van der Waals surface area contributed by atoms with E-state index in [9.17, 15) is 0 Å². The van der Waals surface area contributed by atoms with E-state index in [4.69, 9.17) is 0 Å². The Bertz CT molecular complexity index is 2110. The quantitative estimate of drug-likeness (QED) is 0.169. The average Bonchev–Trinajstić information content (AvgIpc) is 3.48. The van der Waals surface area contributed by atoms with Gasteiger partial charge in [0.15, 0.2) is 0 Å². The molecular formula is C48H49B. The molecule has 7 aromatic carbocycles. The topological polar surface area (TPSA) is 0 Å². The summed E-state index contributed by atoms with van der Waals surface area (Å²) in [5.41, 5.74) is 16.3. The van der Waals surface area contributed by atoms with E-state index >= 15 is 0 Å². The standard InChI is InChI=1S/C26H21B.C17H14.C3H8.C2H6/c1-18-10-6-7-13-21(18)25-19(2)16-17-24-26(25)22-14-8-9-15-23(22)27(24)20-11-4-3-5-12-20;1-13-10-11-17-15(12-13)8-5-9-16(17)14-6-3-2-4-7-14;1-3-2;1-2/h3-17H,1-2H3;2-12H,1H3;3H2,1-2H3;1-2H3. The molecule has 1 aliphatic rings. The minimum absolute atomic E-state index is 0.306. The fraction of sp³-hybridized carbons (Fsp3) is 0.167. The number of fused-ring (bicyclic) bond motifs is 4. The van der Waals surface area contributed by atoms with Gasteiger partial charge in [0.2, 0.25) is 6.71 Å². The van der Waals surface area contributed by atoms with Crippen LogP contribution in [0.15, 0.2) is 158 Å². The molecule has 7 aromatic rings. The van der Waals surface area contributed by atoms with Crippen LogP contribution in [0.4, 0.5) is 0 Å². The first-order chi connectivity index (χ1) is 24.0. The molecule has 0 spiro atoms. The fourth-order valence-corrected chi connectivity index (χ4v) is 6.88. The second-order valence-electron chi connectivity index (χ2n) is 12.6. The van der Waals surface area contributed by atoms with E-state index in [1.54, 1.807) is 0 Å². The number of hydrogen-bond acceptors (Lipinski definition) is 0. The molecule has 49 heavy (non-hydrogen) atoms. The van der Waals surface area contributed by atoms with Crippen molar-refractivity contribution in [3.05, 3.63) is 174 Å². The van der Waals surface area contributed by atoms with E-state index in [2.05, 4.69) is 192 Å². The monoisotopic (exact) mass is 636 g/mol. The van der Waals surface area contributed by atoms with Crippen molar-refractivity contribution in [2.45, 2.75) is 54.9 Å². The first kappa shape index (κ1) is 35.2. The van der Waals surface area contributed by atoms with Gasteiger partial charge in [-0.15, -0.1) is 0 Å². The average molecular weight is 637 g/mol. The van der Waals surface area contributed by atoms with E-state index < -0.39 is 0 Å². The van der Waals surface area contributed by atoms with Crippen molar-refractivity contribution in [2.24, 2.45) is 0 Å². The molecule has 1 heterocycles. The SMILES string of the molecule is CC.CCC.Cc1ccc2c(-c3ccccc3)cccc2c1.Cc1ccccc1-c1c(C)ccc2c1-c1ccccc1B2c1ccccc1. The van der Waals surface area contributed by atoms with E-state index in [1.165, 1.54) is 83.7 Å². The van der Waals surface area contributed by atoms with Crippen LogP contribution in [0.5, 0.6) is 0 Å². The Kier molecular flexibility index (Phi) is 12.1. The Balaban J connectivity index is 0.000000183. The van der Waals surface area contributed by atoms with E-state index in [1.807, 2.05) is 13.8 Å². The Morgan fingerprint density at radius 2 is 1.04 bits per heavy atom. The van der Waals surface area contributed by atoms with Gasteiger partial charge >= 0.3 is 0 Å². The normalized spacial score (nSPS) is 10.8. The Morgan fingerprint density at radius 3 is 1.73 bits per heavy atom. The molecule has 0 unspecified atom stereocenters. The molecule has 0 bridgehead atoms. The van der Waals surface area contributed by atoms with Crippen LogP contribution in [0.2, 0.25) is 0 Å². The predicted molar refractivity (Wildman–Crippen MR) is 219 cm³/mol. The second-order valence-corrected chi connectivity index (χ2v) is 12.6. The zero-order valence-electron chi connectivity index (χ0n) is 30.3. The Morgan fingerprint density at radius 1 is 0.449 bits per heavy atom. The van der Waals surface area contributed by atoms with Gasteiger partial charge in [-0.25, -0.2) is 0 Å². The summed E-state index contributed by atoms with van der Waals surface area (Å²) in [6.45, 7) is 15.1. The van der Waals surface area contributed by atoms with Crippen LogP contribution in [-0.2, 0) is 0 Å². The second kappa shape index (κ2) is 16.8. The maximum absolute atomic E-state index is 2.34. The molecule has 0 nitrogen and oxygen atoms in total. The minimum atomic E-state index is 0.306. The van der Waals surface area contributed by atoms with Gasteiger partial charge in [-0.1, -0.05) is 214 Å².